The molecular weight excluding hydrogens is 230 g/mol. The summed E-state index contributed by atoms with van der Waals surface area (Å²) >= 11 is 0. The van der Waals surface area contributed by atoms with Crippen molar-refractivity contribution in [3.8, 4) is 0 Å². The Morgan fingerprint density at radius 1 is 0.944 bits per heavy atom. The Morgan fingerprint density at radius 2 is 1.56 bits per heavy atom. The van der Waals surface area contributed by atoms with E-state index in [1.165, 1.54) is 38.2 Å². The van der Waals surface area contributed by atoms with Crippen LogP contribution in [0.4, 0.5) is 0 Å². The molecule has 1 saturated carbocycles. The minimum Gasteiger partial charge on any atom is -0.478 e. The van der Waals surface area contributed by atoms with Crippen molar-refractivity contribution >= 4 is 11.9 Å². The minimum absolute atomic E-state index is 0.164. The fourth-order valence-electron chi connectivity index (χ4n) is 3.25. The first-order valence-electron chi connectivity index (χ1n) is 6.81. The van der Waals surface area contributed by atoms with Gasteiger partial charge in [0.05, 0.1) is 0 Å². The molecule has 0 aromatic rings. The standard InChI is InChI=1S/C14H21NO3/c16-12(4-5-13(17)18)15-10-8-14(9-11-15)6-2-1-3-7-14/h4-5H,1-3,6-11H2,(H,17,18). The first-order valence-corrected chi connectivity index (χ1v) is 6.81. The van der Waals surface area contributed by atoms with Crippen LogP contribution < -0.4 is 0 Å². The molecule has 4 nitrogen and oxygen atoms in total. The highest BCUT2D eigenvalue weighted by molar-refractivity contribution is 5.93. The number of likely N-dealkylation sites (tertiary alicyclic amines) is 1. The molecule has 2 aliphatic rings. The summed E-state index contributed by atoms with van der Waals surface area (Å²) in [5.74, 6) is -1.23. The summed E-state index contributed by atoms with van der Waals surface area (Å²) in [7, 11) is 0. The lowest BCUT2D eigenvalue weighted by Crippen LogP contribution is -2.43. The number of nitrogens with zero attached hydrogens (tertiary/aromatic N) is 1. The molecule has 18 heavy (non-hydrogen) atoms. The van der Waals surface area contributed by atoms with E-state index >= 15 is 0 Å². The second-order valence-electron chi connectivity index (χ2n) is 5.56. The predicted molar refractivity (Wildman–Crippen MR) is 68.1 cm³/mol. The van der Waals surface area contributed by atoms with Crippen molar-refractivity contribution in [3.05, 3.63) is 12.2 Å². The highest BCUT2D eigenvalue weighted by Gasteiger charge is 2.36. The van der Waals surface area contributed by atoms with Crippen LogP contribution in [0.1, 0.15) is 44.9 Å². The third-order valence-electron chi connectivity index (χ3n) is 4.42. The molecule has 4 heteroatoms. The van der Waals surface area contributed by atoms with Crippen LogP contribution in [0.5, 0.6) is 0 Å². The molecule has 0 aromatic carbocycles. The van der Waals surface area contributed by atoms with E-state index in [-0.39, 0.29) is 5.91 Å². The van der Waals surface area contributed by atoms with Crippen LogP contribution in [-0.2, 0) is 9.59 Å². The quantitative estimate of drug-likeness (QED) is 0.765. The van der Waals surface area contributed by atoms with Crippen LogP contribution in [0.15, 0.2) is 12.2 Å². The molecule has 1 aliphatic carbocycles. The Bertz CT molecular complexity index is 346. The summed E-state index contributed by atoms with van der Waals surface area (Å²) in [6.45, 7) is 1.56. The third-order valence-corrected chi connectivity index (χ3v) is 4.42. The summed E-state index contributed by atoms with van der Waals surface area (Å²) in [6.07, 6.45) is 10.9. The number of rotatable bonds is 2. The molecule has 1 heterocycles. The second-order valence-corrected chi connectivity index (χ2v) is 5.56. The van der Waals surface area contributed by atoms with E-state index in [2.05, 4.69) is 0 Å². The lowest BCUT2D eigenvalue weighted by molar-refractivity contribution is -0.133. The Hall–Kier alpha value is -1.32. The molecular formula is C14H21NO3. The lowest BCUT2D eigenvalue weighted by atomic mass is 9.68. The van der Waals surface area contributed by atoms with Crippen LogP contribution in [0.2, 0.25) is 0 Å². The van der Waals surface area contributed by atoms with Crippen LogP contribution in [0, 0.1) is 5.41 Å². The molecule has 1 aliphatic heterocycles. The van der Waals surface area contributed by atoms with Gasteiger partial charge in [0.2, 0.25) is 5.91 Å². The summed E-state index contributed by atoms with van der Waals surface area (Å²) in [5.41, 5.74) is 0.478. The zero-order chi connectivity index (χ0) is 13.0. The van der Waals surface area contributed by atoms with Gasteiger partial charge in [0, 0.05) is 25.2 Å². The van der Waals surface area contributed by atoms with Gasteiger partial charge in [-0.15, -0.1) is 0 Å². The van der Waals surface area contributed by atoms with Crippen LogP contribution in [0.25, 0.3) is 0 Å². The first kappa shape index (κ1) is 13.1. The Balaban J connectivity index is 1.86. The van der Waals surface area contributed by atoms with Crippen molar-refractivity contribution < 1.29 is 14.7 Å². The maximum absolute atomic E-state index is 11.7. The van der Waals surface area contributed by atoms with E-state index in [1.807, 2.05) is 0 Å². The van der Waals surface area contributed by atoms with Crippen molar-refractivity contribution in [2.24, 2.45) is 5.41 Å². The van der Waals surface area contributed by atoms with E-state index in [1.54, 1.807) is 4.90 Å². The van der Waals surface area contributed by atoms with E-state index in [9.17, 15) is 9.59 Å². The zero-order valence-electron chi connectivity index (χ0n) is 10.7. The van der Waals surface area contributed by atoms with Gasteiger partial charge in [-0.2, -0.15) is 0 Å². The number of carboxylic acid groups (broad SMARTS) is 1. The van der Waals surface area contributed by atoms with Gasteiger partial charge < -0.3 is 10.0 Å². The normalized spacial score (nSPS) is 23.4. The Kier molecular flexibility index (Phi) is 4.04. The number of aliphatic carboxylic acids is 1. The van der Waals surface area contributed by atoms with Gasteiger partial charge in [-0.25, -0.2) is 4.79 Å². The number of piperidine rings is 1. The molecule has 0 aromatic heterocycles. The number of carboxylic acids is 1. The molecule has 0 bridgehead atoms. The SMILES string of the molecule is O=C(O)C=CC(=O)N1CCC2(CCCCC2)CC1. The number of carbonyl (C=O) groups excluding carboxylic acids is 1. The van der Waals surface area contributed by atoms with E-state index in [0.29, 0.717) is 5.41 Å². The van der Waals surface area contributed by atoms with E-state index in [4.69, 9.17) is 5.11 Å². The second kappa shape index (κ2) is 5.55. The lowest BCUT2D eigenvalue weighted by Gasteiger charge is -2.44. The van der Waals surface area contributed by atoms with Gasteiger partial charge in [0.25, 0.3) is 0 Å². The average Bonchev–Trinajstić information content (AvgIpc) is 2.38. The van der Waals surface area contributed by atoms with Crippen molar-refractivity contribution in [2.75, 3.05) is 13.1 Å². The van der Waals surface area contributed by atoms with E-state index in [0.717, 1.165) is 32.0 Å². The monoisotopic (exact) mass is 251 g/mol. The smallest absolute Gasteiger partial charge is 0.328 e. The van der Waals surface area contributed by atoms with Crippen LogP contribution in [-0.4, -0.2) is 35.0 Å². The molecule has 2 fully saturated rings. The average molecular weight is 251 g/mol. The zero-order valence-corrected chi connectivity index (χ0v) is 10.7. The first-order chi connectivity index (χ1) is 8.61. The summed E-state index contributed by atoms with van der Waals surface area (Å²) in [6, 6.07) is 0. The molecule has 2 rings (SSSR count). The highest BCUT2D eigenvalue weighted by Crippen LogP contribution is 2.44. The molecule has 100 valence electrons. The minimum atomic E-state index is -1.07. The van der Waals surface area contributed by atoms with Crippen LogP contribution in [0.3, 0.4) is 0 Å². The number of hydrogen-bond acceptors (Lipinski definition) is 2. The number of hydrogen-bond donors (Lipinski definition) is 1. The topological polar surface area (TPSA) is 57.6 Å². The maximum Gasteiger partial charge on any atom is 0.328 e. The van der Waals surface area contributed by atoms with Crippen molar-refractivity contribution in [1.29, 1.82) is 0 Å². The van der Waals surface area contributed by atoms with Gasteiger partial charge in [0.15, 0.2) is 0 Å². The van der Waals surface area contributed by atoms with Gasteiger partial charge in [-0.1, -0.05) is 19.3 Å². The fraction of sp³-hybridized carbons (Fsp3) is 0.714. The summed E-state index contributed by atoms with van der Waals surface area (Å²) in [5, 5.41) is 8.50. The molecule has 1 N–H and O–H groups in total. The number of carbonyl (C=O) groups is 2. The molecule has 0 radical (unpaired) electrons. The molecule has 1 amide bonds. The molecule has 1 saturated heterocycles. The van der Waals surface area contributed by atoms with Crippen molar-refractivity contribution in [1.82, 2.24) is 4.90 Å². The predicted octanol–water partition coefficient (Wildman–Crippen LogP) is 2.20. The largest absolute Gasteiger partial charge is 0.478 e. The van der Waals surface area contributed by atoms with Gasteiger partial charge >= 0.3 is 5.97 Å². The van der Waals surface area contributed by atoms with Crippen molar-refractivity contribution in [3.63, 3.8) is 0 Å². The third kappa shape index (κ3) is 3.12. The van der Waals surface area contributed by atoms with Gasteiger partial charge in [-0.3, -0.25) is 4.79 Å². The van der Waals surface area contributed by atoms with Gasteiger partial charge in [-0.05, 0) is 31.1 Å². The highest BCUT2D eigenvalue weighted by atomic mass is 16.4. The van der Waals surface area contributed by atoms with Crippen molar-refractivity contribution in [2.45, 2.75) is 44.9 Å². The Morgan fingerprint density at radius 3 is 2.11 bits per heavy atom. The summed E-state index contributed by atoms with van der Waals surface area (Å²) in [4.78, 5) is 23.9. The van der Waals surface area contributed by atoms with Gasteiger partial charge in [0.1, 0.15) is 0 Å². The maximum atomic E-state index is 11.7. The molecule has 0 atom stereocenters. The molecule has 1 spiro atoms. The summed E-state index contributed by atoms with van der Waals surface area (Å²) < 4.78 is 0. The molecule has 0 unspecified atom stereocenters. The Labute approximate surface area is 108 Å². The fourth-order valence-corrected chi connectivity index (χ4v) is 3.25. The van der Waals surface area contributed by atoms with Crippen LogP contribution >= 0.6 is 0 Å². The van der Waals surface area contributed by atoms with E-state index < -0.39 is 5.97 Å². The number of amides is 1.